The summed E-state index contributed by atoms with van der Waals surface area (Å²) in [6.45, 7) is 1.44. The van der Waals surface area contributed by atoms with E-state index in [2.05, 4.69) is 5.32 Å². The second kappa shape index (κ2) is 5.93. The summed E-state index contributed by atoms with van der Waals surface area (Å²) in [5, 5.41) is 12.1. The number of carboxylic acid groups (broad SMARTS) is 1. The van der Waals surface area contributed by atoms with Gasteiger partial charge in [0, 0.05) is 6.54 Å². The topological polar surface area (TPSA) is 67.8 Å². The molecule has 19 heavy (non-hydrogen) atoms. The van der Waals surface area contributed by atoms with Gasteiger partial charge in [0.05, 0.1) is 20.1 Å². The molecule has 0 amide bonds. The Hall–Kier alpha value is -1.75. The minimum atomic E-state index is -0.682. The van der Waals surface area contributed by atoms with E-state index in [1.54, 1.807) is 14.2 Å². The van der Waals surface area contributed by atoms with Crippen molar-refractivity contribution in [2.75, 3.05) is 20.8 Å². The molecule has 2 N–H and O–H groups in total. The Kier molecular flexibility index (Phi) is 4.27. The second-order valence-electron chi connectivity index (χ2n) is 4.76. The molecule has 2 rings (SSSR count). The zero-order valence-corrected chi connectivity index (χ0v) is 11.2. The molecule has 0 saturated heterocycles. The van der Waals surface area contributed by atoms with Crippen molar-refractivity contribution in [2.45, 2.75) is 13.0 Å². The molecule has 1 saturated carbocycles. The molecule has 5 nitrogen and oxygen atoms in total. The molecule has 2 atom stereocenters. The SMILES string of the molecule is COc1ccc(CNCC2CC2C(=O)O)cc1OC. The fourth-order valence-corrected chi connectivity index (χ4v) is 2.17. The maximum atomic E-state index is 10.7. The van der Waals surface area contributed by atoms with Gasteiger partial charge in [-0.1, -0.05) is 6.07 Å². The fourth-order valence-electron chi connectivity index (χ4n) is 2.17. The highest BCUT2D eigenvalue weighted by Crippen LogP contribution is 2.37. The Morgan fingerprint density at radius 1 is 1.37 bits per heavy atom. The molecule has 104 valence electrons. The molecular weight excluding hydrogens is 246 g/mol. The van der Waals surface area contributed by atoms with Gasteiger partial charge < -0.3 is 19.9 Å². The number of carbonyl (C=O) groups is 1. The number of methoxy groups -OCH3 is 2. The number of rotatable bonds is 7. The first-order valence-electron chi connectivity index (χ1n) is 6.30. The third-order valence-electron chi connectivity index (χ3n) is 3.42. The predicted molar refractivity (Wildman–Crippen MR) is 70.5 cm³/mol. The van der Waals surface area contributed by atoms with E-state index in [1.165, 1.54) is 0 Å². The third kappa shape index (κ3) is 3.38. The summed E-state index contributed by atoms with van der Waals surface area (Å²) in [6, 6.07) is 5.76. The van der Waals surface area contributed by atoms with Gasteiger partial charge in [-0.25, -0.2) is 0 Å². The lowest BCUT2D eigenvalue weighted by Gasteiger charge is -2.10. The average Bonchev–Trinajstić information content (AvgIpc) is 3.18. The molecular formula is C14H19NO4. The van der Waals surface area contributed by atoms with Gasteiger partial charge >= 0.3 is 5.97 Å². The van der Waals surface area contributed by atoms with E-state index in [4.69, 9.17) is 14.6 Å². The van der Waals surface area contributed by atoms with Crippen LogP contribution in [-0.2, 0) is 11.3 Å². The lowest BCUT2D eigenvalue weighted by atomic mass is 10.2. The van der Waals surface area contributed by atoms with Gasteiger partial charge in [0.25, 0.3) is 0 Å². The monoisotopic (exact) mass is 265 g/mol. The summed E-state index contributed by atoms with van der Waals surface area (Å²) in [4.78, 5) is 10.7. The molecule has 1 fully saturated rings. The summed E-state index contributed by atoms with van der Waals surface area (Å²) in [5.41, 5.74) is 1.09. The van der Waals surface area contributed by atoms with E-state index >= 15 is 0 Å². The first kappa shape index (κ1) is 13.7. The van der Waals surface area contributed by atoms with Crippen LogP contribution in [0.5, 0.6) is 11.5 Å². The van der Waals surface area contributed by atoms with Crippen LogP contribution in [0.1, 0.15) is 12.0 Å². The maximum absolute atomic E-state index is 10.7. The van der Waals surface area contributed by atoms with Gasteiger partial charge in [0.15, 0.2) is 11.5 Å². The van der Waals surface area contributed by atoms with E-state index in [0.29, 0.717) is 18.0 Å². The van der Waals surface area contributed by atoms with E-state index in [0.717, 1.165) is 18.5 Å². The molecule has 0 aromatic heterocycles. The van der Waals surface area contributed by atoms with Crippen molar-refractivity contribution in [1.29, 1.82) is 0 Å². The largest absolute Gasteiger partial charge is 0.493 e. The van der Waals surface area contributed by atoms with Crippen LogP contribution in [0.2, 0.25) is 0 Å². The zero-order valence-electron chi connectivity index (χ0n) is 11.2. The Bertz CT molecular complexity index is 461. The maximum Gasteiger partial charge on any atom is 0.306 e. The summed E-state index contributed by atoms with van der Waals surface area (Å²) in [7, 11) is 3.21. The molecule has 1 aliphatic rings. The molecule has 0 heterocycles. The number of hydrogen-bond acceptors (Lipinski definition) is 4. The van der Waals surface area contributed by atoms with Crippen LogP contribution >= 0.6 is 0 Å². The number of benzene rings is 1. The molecule has 1 aliphatic carbocycles. The molecule has 0 spiro atoms. The fraction of sp³-hybridized carbons (Fsp3) is 0.500. The van der Waals surface area contributed by atoms with Gasteiger partial charge in [-0.15, -0.1) is 0 Å². The first-order chi connectivity index (χ1) is 9.15. The Labute approximate surface area is 112 Å². The molecule has 5 heteroatoms. The van der Waals surface area contributed by atoms with E-state index in [-0.39, 0.29) is 11.8 Å². The van der Waals surface area contributed by atoms with Crippen LogP contribution in [-0.4, -0.2) is 31.8 Å². The van der Waals surface area contributed by atoms with Gasteiger partial charge in [-0.2, -0.15) is 0 Å². The smallest absolute Gasteiger partial charge is 0.306 e. The van der Waals surface area contributed by atoms with E-state index in [9.17, 15) is 4.79 Å². The van der Waals surface area contributed by atoms with Crippen molar-refractivity contribution < 1.29 is 19.4 Å². The van der Waals surface area contributed by atoms with Crippen molar-refractivity contribution in [3.8, 4) is 11.5 Å². The van der Waals surface area contributed by atoms with Gasteiger partial charge in [0.1, 0.15) is 0 Å². The number of ether oxygens (including phenoxy) is 2. The Balaban J connectivity index is 1.82. The van der Waals surface area contributed by atoms with Crippen LogP contribution in [0.15, 0.2) is 18.2 Å². The lowest BCUT2D eigenvalue weighted by molar-refractivity contribution is -0.138. The number of aliphatic carboxylic acids is 1. The van der Waals surface area contributed by atoms with Gasteiger partial charge in [-0.3, -0.25) is 4.79 Å². The highest BCUT2D eigenvalue weighted by atomic mass is 16.5. The molecule has 0 bridgehead atoms. The summed E-state index contributed by atoms with van der Waals surface area (Å²) in [5.74, 6) is 0.851. The molecule has 0 aliphatic heterocycles. The molecule has 1 aromatic carbocycles. The molecule has 1 aromatic rings. The van der Waals surface area contributed by atoms with Gasteiger partial charge in [-0.05, 0) is 36.6 Å². The van der Waals surface area contributed by atoms with Crippen molar-refractivity contribution in [1.82, 2.24) is 5.32 Å². The van der Waals surface area contributed by atoms with E-state index in [1.807, 2.05) is 18.2 Å². The van der Waals surface area contributed by atoms with Crippen LogP contribution in [0.4, 0.5) is 0 Å². The van der Waals surface area contributed by atoms with Crippen LogP contribution in [0.3, 0.4) is 0 Å². The normalized spacial score (nSPS) is 20.9. The third-order valence-corrected chi connectivity index (χ3v) is 3.42. The minimum Gasteiger partial charge on any atom is -0.493 e. The molecule has 0 radical (unpaired) electrons. The van der Waals surface area contributed by atoms with Crippen molar-refractivity contribution in [2.24, 2.45) is 11.8 Å². The van der Waals surface area contributed by atoms with Gasteiger partial charge in [0.2, 0.25) is 0 Å². The minimum absolute atomic E-state index is 0.155. The van der Waals surface area contributed by atoms with Crippen LogP contribution in [0.25, 0.3) is 0 Å². The average molecular weight is 265 g/mol. The quantitative estimate of drug-likeness (QED) is 0.782. The molecule has 2 unspecified atom stereocenters. The van der Waals surface area contributed by atoms with Crippen molar-refractivity contribution >= 4 is 5.97 Å². The van der Waals surface area contributed by atoms with Crippen LogP contribution < -0.4 is 14.8 Å². The standard InChI is InChI=1S/C14H19NO4/c1-18-12-4-3-9(5-13(12)19-2)7-15-8-10-6-11(10)14(16)17/h3-5,10-11,15H,6-8H2,1-2H3,(H,16,17). The summed E-state index contributed by atoms with van der Waals surface area (Å²) >= 11 is 0. The van der Waals surface area contributed by atoms with Crippen LogP contribution in [0, 0.1) is 11.8 Å². The van der Waals surface area contributed by atoms with Crippen molar-refractivity contribution in [3.05, 3.63) is 23.8 Å². The highest BCUT2D eigenvalue weighted by molar-refractivity contribution is 5.73. The number of carboxylic acids is 1. The Morgan fingerprint density at radius 2 is 2.11 bits per heavy atom. The highest BCUT2D eigenvalue weighted by Gasteiger charge is 2.42. The van der Waals surface area contributed by atoms with Crippen molar-refractivity contribution in [3.63, 3.8) is 0 Å². The summed E-state index contributed by atoms with van der Waals surface area (Å²) in [6.07, 6.45) is 0.786. The first-order valence-corrected chi connectivity index (χ1v) is 6.30. The second-order valence-corrected chi connectivity index (χ2v) is 4.76. The Morgan fingerprint density at radius 3 is 2.68 bits per heavy atom. The lowest BCUT2D eigenvalue weighted by Crippen LogP contribution is -2.18. The predicted octanol–water partition coefficient (Wildman–Crippen LogP) is 1.51. The van der Waals surface area contributed by atoms with E-state index < -0.39 is 5.97 Å². The summed E-state index contributed by atoms with van der Waals surface area (Å²) < 4.78 is 10.4. The number of hydrogen-bond donors (Lipinski definition) is 2. The zero-order chi connectivity index (χ0) is 13.8. The number of nitrogens with one attached hydrogen (secondary N) is 1.